The maximum atomic E-state index is 12.5. The first-order valence-corrected chi connectivity index (χ1v) is 10.8. The molecule has 0 heterocycles. The molecule has 0 bridgehead atoms. The minimum atomic E-state index is -3.93. The lowest BCUT2D eigenvalue weighted by molar-refractivity contribution is -0.150. The molecule has 7 nitrogen and oxygen atoms in total. The van der Waals surface area contributed by atoms with Gasteiger partial charge in [-0.05, 0) is 36.2 Å². The standard InChI is InChI=1S/C19H20Cl2N2O5S/c1-12(2)18(23-29(26,27)14-6-4-3-5-7-14)19(25)28-11-17(24)22-16-10-13(20)8-9-15(16)21/h3-10,12,18,23H,11H2,1-2H3,(H,22,24)/t18-/m1/s1. The van der Waals surface area contributed by atoms with Crippen LogP contribution in [0.4, 0.5) is 5.69 Å². The summed E-state index contributed by atoms with van der Waals surface area (Å²) in [5, 5.41) is 3.12. The van der Waals surface area contributed by atoms with Gasteiger partial charge in [-0.2, -0.15) is 4.72 Å². The molecule has 1 amide bonds. The quantitative estimate of drug-likeness (QED) is 0.589. The van der Waals surface area contributed by atoms with Crippen molar-refractivity contribution in [3.05, 3.63) is 58.6 Å². The third-order valence-corrected chi connectivity index (χ3v) is 5.83. The molecular weight excluding hydrogens is 439 g/mol. The number of hydrogen-bond donors (Lipinski definition) is 2. The van der Waals surface area contributed by atoms with Gasteiger partial charge in [0.2, 0.25) is 10.0 Å². The van der Waals surface area contributed by atoms with Crippen molar-refractivity contribution in [2.75, 3.05) is 11.9 Å². The van der Waals surface area contributed by atoms with E-state index in [-0.39, 0.29) is 15.6 Å². The molecule has 0 aliphatic heterocycles. The van der Waals surface area contributed by atoms with Gasteiger partial charge in [-0.3, -0.25) is 9.59 Å². The molecule has 2 rings (SSSR count). The van der Waals surface area contributed by atoms with Crippen LogP contribution in [0.15, 0.2) is 53.4 Å². The molecule has 0 spiro atoms. The van der Waals surface area contributed by atoms with E-state index >= 15 is 0 Å². The third-order valence-electron chi connectivity index (χ3n) is 3.80. The summed E-state index contributed by atoms with van der Waals surface area (Å²) in [5.74, 6) is -1.92. The van der Waals surface area contributed by atoms with Gasteiger partial charge in [0, 0.05) is 5.02 Å². The Morgan fingerprint density at radius 3 is 2.34 bits per heavy atom. The summed E-state index contributed by atoms with van der Waals surface area (Å²) in [7, 11) is -3.93. The number of sulfonamides is 1. The Kier molecular flexibility index (Phi) is 8.04. The normalized spacial score (nSPS) is 12.4. The SMILES string of the molecule is CC(C)[C@@H](NS(=O)(=O)c1ccccc1)C(=O)OCC(=O)Nc1cc(Cl)ccc1Cl. The Morgan fingerprint density at radius 1 is 1.07 bits per heavy atom. The van der Waals surface area contributed by atoms with Crippen LogP contribution in [0.3, 0.4) is 0 Å². The van der Waals surface area contributed by atoms with Crippen molar-refractivity contribution < 1.29 is 22.7 Å². The summed E-state index contributed by atoms with van der Waals surface area (Å²) >= 11 is 11.8. The van der Waals surface area contributed by atoms with Gasteiger partial charge in [-0.1, -0.05) is 55.2 Å². The van der Waals surface area contributed by atoms with Gasteiger partial charge in [0.15, 0.2) is 6.61 Å². The molecule has 0 saturated carbocycles. The van der Waals surface area contributed by atoms with Gasteiger partial charge in [-0.15, -0.1) is 0 Å². The minimum absolute atomic E-state index is 0.0202. The molecule has 156 valence electrons. The molecule has 10 heteroatoms. The number of carbonyl (C=O) groups is 2. The molecule has 0 radical (unpaired) electrons. The topological polar surface area (TPSA) is 102 Å². The molecule has 2 aromatic rings. The first-order chi connectivity index (χ1) is 13.6. The van der Waals surface area contributed by atoms with Crippen molar-refractivity contribution in [1.29, 1.82) is 0 Å². The Labute approximate surface area is 179 Å². The second-order valence-corrected chi connectivity index (χ2v) is 8.99. The Morgan fingerprint density at radius 2 is 1.72 bits per heavy atom. The van der Waals surface area contributed by atoms with Crippen LogP contribution in [-0.4, -0.2) is 32.9 Å². The number of hydrogen-bond acceptors (Lipinski definition) is 5. The van der Waals surface area contributed by atoms with E-state index in [9.17, 15) is 18.0 Å². The molecule has 0 fully saturated rings. The summed E-state index contributed by atoms with van der Waals surface area (Å²) in [6.45, 7) is 2.70. The monoisotopic (exact) mass is 458 g/mol. The summed E-state index contributed by atoms with van der Waals surface area (Å²) in [5.41, 5.74) is 0.269. The maximum absolute atomic E-state index is 12.5. The number of benzene rings is 2. The van der Waals surface area contributed by atoms with Crippen LogP contribution in [0.2, 0.25) is 10.0 Å². The highest BCUT2D eigenvalue weighted by Crippen LogP contribution is 2.25. The predicted octanol–water partition coefficient (Wildman–Crippen LogP) is 3.48. The minimum Gasteiger partial charge on any atom is -0.454 e. The summed E-state index contributed by atoms with van der Waals surface area (Å²) in [6, 6.07) is 11.0. The molecular formula is C19H20Cl2N2O5S. The number of rotatable bonds is 8. The number of halogens is 2. The smallest absolute Gasteiger partial charge is 0.324 e. The first kappa shape index (κ1) is 23.2. The molecule has 1 atom stereocenters. The number of nitrogens with one attached hydrogen (secondary N) is 2. The number of carbonyl (C=O) groups excluding carboxylic acids is 2. The zero-order valence-corrected chi connectivity index (χ0v) is 18.0. The number of anilines is 1. The van der Waals surface area contributed by atoms with Crippen LogP contribution in [0.5, 0.6) is 0 Å². The highest BCUT2D eigenvalue weighted by Gasteiger charge is 2.30. The van der Waals surface area contributed by atoms with Crippen LogP contribution in [0.25, 0.3) is 0 Å². The van der Waals surface area contributed by atoms with Crippen LogP contribution < -0.4 is 10.0 Å². The highest BCUT2D eigenvalue weighted by atomic mass is 35.5. The summed E-state index contributed by atoms with van der Waals surface area (Å²) in [4.78, 5) is 24.5. The number of esters is 1. The van der Waals surface area contributed by atoms with Crippen LogP contribution >= 0.6 is 23.2 Å². The zero-order valence-electron chi connectivity index (χ0n) is 15.7. The van der Waals surface area contributed by atoms with Crippen LogP contribution in [0.1, 0.15) is 13.8 Å². The molecule has 0 aliphatic carbocycles. The number of ether oxygens (including phenoxy) is 1. The van der Waals surface area contributed by atoms with Crippen LogP contribution in [0, 0.1) is 5.92 Å². The first-order valence-electron chi connectivity index (χ1n) is 8.59. The highest BCUT2D eigenvalue weighted by molar-refractivity contribution is 7.89. The second kappa shape index (κ2) is 10.1. The van der Waals surface area contributed by atoms with E-state index in [2.05, 4.69) is 10.0 Å². The fraction of sp³-hybridized carbons (Fsp3) is 0.263. The van der Waals surface area contributed by atoms with E-state index in [1.54, 1.807) is 38.1 Å². The zero-order chi connectivity index (χ0) is 21.6. The van der Waals surface area contributed by atoms with Gasteiger partial charge < -0.3 is 10.1 Å². The van der Waals surface area contributed by atoms with Gasteiger partial charge in [0.25, 0.3) is 5.91 Å². The Bertz CT molecular complexity index is 981. The van der Waals surface area contributed by atoms with Crippen molar-refractivity contribution >= 4 is 50.8 Å². The van der Waals surface area contributed by atoms with E-state index in [0.717, 1.165) is 0 Å². The van der Waals surface area contributed by atoms with Crippen molar-refractivity contribution in [3.8, 4) is 0 Å². The molecule has 0 aromatic heterocycles. The Hall–Kier alpha value is -2.13. The molecule has 2 aromatic carbocycles. The van der Waals surface area contributed by atoms with E-state index in [0.29, 0.717) is 5.02 Å². The van der Waals surface area contributed by atoms with Crippen molar-refractivity contribution in [1.82, 2.24) is 4.72 Å². The molecule has 2 N–H and O–H groups in total. The van der Waals surface area contributed by atoms with Gasteiger partial charge in [0.1, 0.15) is 6.04 Å². The molecule has 0 aliphatic rings. The third kappa shape index (κ3) is 6.71. The Balaban J connectivity index is 2.01. The molecule has 29 heavy (non-hydrogen) atoms. The van der Waals surface area contributed by atoms with E-state index in [1.807, 2.05) is 0 Å². The summed E-state index contributed by atoms with van der Waals surface area (Å²) < 4.78 is 32.3. The predicted molar refractivity (Wildman–Crippen MR) is 111 cm³/mol. The lowest BCUT2D eigenvalue weighted by Gasteiger charge is -2.20. The van der Waals surface area contributed by atoms with Crippen molar-refractivity contribution in [3.63, 3.8) is 0 Å². The fourth-order valence-electron chi connectivity index (χ4n) is 2.30. The van der Waals surface area contributed by atoms with Crippen LogP contribution in [-0.2, 0) is 24.3 Å². The van der Waals surface area contributed by atoms with Crippen molar-refractivity contribution in [2.24, 2.45) is 5.92 Å². The van der Waals surface area contributed by atoms with E-state index < -0.39 is 40.5 Å². The average molecular weight is 459 g/mol. The van der Waals surface area contributed by atoms with Gasteiger partial charge >= 0.3 is 5.97 Å². The lowest BCUT2D eigenvalue weighted by atomic mass is 10.1. The van der Waals surface area contributed by atoms with Crippen molar-refractivity contribution in [2.45, 2.75) is 24.8 Å². The molecule has 0 saturated heterocycles. The average Bonchev–Trinajstić information content (AvgIpc) is 2.67. The van der Waals surface area contributed by atoms with E-state index in [4.69, 9.17) is 27.9 Å². The molecule has 0 unspecified atom stereocenters. The van der Waals surface area contributed by atoms with E-state index in [1.165, 1.54) is 24.3 Å². The lowest BCUT2D eigenvalue weighted by Crippen LogP contribution is -2.45. The maximum Gasteiger partial charge on any atom is 0.324 e. The summed E-state index contributed by atoms with van der Waals surface area (Å²) in [6.07, 6.45) is 0. The fourth-order valence-corrected chi connectivity index (χ4v) is 3.99. The number of amides is 1. The van der Waals surface area contributed by atoms with Gasteiger partial charge in [0.05, 0.1) is 15.6 Å². The van der Waals surface area contributed by atoms with Gasteiger partial charge in [-0.25, -0.2) is 8.42 Å². The largest absolute Gasteiger partial charge is 0.454 e. The second-order valence-electron chi connectivity index (χ2n) is 6.44.